The lowest BCUT2D eigenvalue weighted by atomic mass is 9.84. The summed E-state index contributed by atoms with van der Waals surface area (Å²) in [5, 5.41) is 8.14. The Balaban J connectivity index is 1.99. The molecule has 1 heterocycles. The van der Waals surface area contributed by atoms with E-state index in [1.165, 1.54) is 48.6 Å². The van der Waals surface area contributed by atoms with Crippen molar-refractivity contribution in [3.8, 4) is 0 Å². The molecule has 1 aliphatic carbocycles. The summed E-state index contributed by atoms with van der Waals surface area (Å²) in [6, 6.07) is 0.545. The van der Waals surface area contributed by atoms with E-state index in [0.717, 1.165) is 12.5 Å². The van der Waals surface area contributed by atoms with Gasteiger partial charge in [-0.25, -0.2) is 0 Å². The Morgan fingerprint density at radius 2 is 2.12 bits per heavy atom. The van der Waals surface area contributed by atoms with Crippen molar-refractivity contribution in [3.05, 3.63) is 20.8 Å². The summed E-state index contributed by atoms with van der Waals surface area (Å²) in [5.41, 5.74) is 1.46. The predicted molar refractivity (Wildman–Crippen MR) is 79.6 cm³/mol. The molecule has 1 N–H and O–H groups in total. The van der Waals surface area contributed by atoms with Gasteiger partial charge in [0.05, 0.1) is 0 Å². The fourth-order valence-corrected chi connectivity index (χ4v) is 4.49. The Hall–Kier alpha value is 0.140. The average Bonchev–Trinajstić information content (AvgIpc) is 2.76. The van der Waals surface area contributed by atoms with Crippen molar-refractivity contribution in [2.75, 3.05) is 6.54 Å². The number of hydrogen-bond acceptors (Lipinski definition) is 2. The molecule has 2 rings (SSSR count). The highest BCUT2D eigenvalue weighted by Gasteiger charge is 2.21. The van der Waals surface area contributed by atoms with Gasteiger partial charge in [0.15, 0.2) is 0 Å². The molecule has 0 radical (unpaired) electrons. The first-order chi connectivity index (χ1) is 8.31. The van der Waals surface area contributed by atoms with Gasteiger partial charge < -0.3 is 5.32 Å². The maximum Gasteiger partial charge on any atom is 0.0342 e. The van der Waals surface area contributed by atoms with Crippen molar-refractivity contribution >= 4 is 27.3 Å². The third-order valence-electron chi connectivity index (χ3n) is 3.76. The summed E-state index contributed by atoms with van der Waals surface area (Å²) in [4.78, 5) is 0. The first kappa shape index (κ1) is 13.6. The van der Waals surface area contributed by atoms with E-state index < -0.39 is 0 Å². The first-order valence-electron chi connectivity index (χ1n) is 6.76. The Labute approximate surface area is 117 Å². The molecule has 0 saturated heterocycles. The molecule has 1 atom stereocenters. The fraction of sp³-hybridized carbons (Fsp3) is 0.714. The van der Waals surface area contributed by atoms with Crippen molar-refractivity contribution in [1.82, 2.24) is 5.32 Å². The molecule has 3 heteroatoms. The van der Waals surface area contributed by atoms with Crippen molar-refractivity contribution in [2.24, 2.45) is 5.92 Å². The average molecular weight is 316 g/mol. The van der Waals surface area contributed by atoms with Crippen LogP contribution in [0, 0.1) is 5.92 Å². The monoisotopic (exact) mass is 315 g/mol. The van der Waals surface area contributed by atoms with Crippen LogP contribution in [0.4, 0.5) is 0 Å². The number of thiophene rings is 1. The lowest BCUT2D eigenvalue weighted by molar-refractivity contribution is 0.301. The van der Waals surface area contributed by atoms with Crippen LogP contribution >= 0.6 is 27.3 Å². The molecular formula is C14H22BrNS. The molecule has 0 bridgehead atoms. The van der Waals surface area contributed by atoms with Crippen LogP contribution in [0.3, 0.4) is 0 Å². The summed E-state index contributed by atoms with van der Waals surface area (Å²) < 4.78 is 1.28. The number of halogens is 1. The summed E-state index contributed by atoms with van der Waals surface area (Å²) in [5.74, 6) is 0.930. The number of nitrogens with one attached hydrogen (secondary N) is 1. The Bertz CT molecular complexity index is 331. The van der Waals surface area contributed by atoms with Gasteiger partial charge in [-0.3, -0.25) is 0 Å². The third-order valence-corrected chi connectivity index (χ3v) is 5.51. The normalized spacial score (nSPS) is 19.4. The summed E-state index contributed by atoms with van der Waals surface area (Å²) in [7, 11) is 0. The van der Waals surface area contributed by atoms with E-state index in [2.05, 4.69) is 38.9 Å². The molecule has 96 valence electrons. The minimum Gasteiger partial charge on any atom is -0.310 e. The quantitative estimate of drug-likeness (QED) is 0.794. The summed E-state index contributed by atoms with van der Waals surface area (Å²) >= 11 is 5.47. The lowest BCUT2D eigenvalue weighted by Gasteiger charge is -2.27. The SMILES string of the molecule is CCNC(CC1CCCCC1)c1cscc1Br. The second kappa shape index (κ2) is 6.91. The lowest BCUT2D eigenvalue weighted by Crippen LogP contribution is -2.24. The molecule has 1 aromatic heterocycles. The molecule has 1 nitrogen and oxygen atoms in total. The molecule has 17 heavy (non-hydrogen) atoms. The highest BCUT2D eigenvalue weighted by molar-refractivity contribution is 9.10. The minimum atomic E-state index is 0.545. The third kappa shape index (κ3) is 3.80. The van der Waals surface area contributed by atoms with Gasteiger partial charge in [-0.1, -0.05) is 39.0 Å². The zero-order valence-electron chi connectivity index (χ0n) is 10.5. The molecule has 1 aliphatic rings. The molecule has 0 spiro atoms. The Morgan fingerprint density at radius 3 is 2.71 bits per heavy atom. The van der Waals surface area contributed by atoms with Gasteiger partial charge in [0.1, 0.15) is 0 Å². The topological polar surface area (TPSA) is 12.0 Å². The van der Waals surface area contributed by atoms with Crippen LogP contribution in [0.1, 0.15) is 57.1 Å². The predicted octanol–water partition coefficient (Wildman–Crippen LogP) is 5.13. The second-order valence-electron chi connectivity index (χ2n) is 5.03. The Kier molecular flexibility index (Phi) is 5.51. The summed E-state index contributed by atoms with van der Waals surface area (Å²) in [6.45, 7) is 3.26. The van der Waals surface area contributed by atoms with E-state index in [0.29, 0.717) is 6.04 Å². The zero-order valence-corrected chi connectivity index (χ0v) is 12.9. The molecule has 1 fully saturated rings. The second-order valence-corrected chi connectivity index (χ2v) is 6.62. The fourth-order valence-electron chi connectivity index (χ4n) is 2.86. The van der Waals surface area contributed by atoms with Crippen molar-refractivity contribution in [1.29, 1.82) is 0 Å². The number of hydrogen-bond donors (Lipinski definition) is 1. The van der Waals surface area contributed by atoms with Crippen LogP contribution < -0.4 is 5.32 Å². The largest absolute Gasteiger partial charge is 0.310 e. The van der Waals surface area contributed by atoms with Gasteiger partial charge in [-0.05, 0) is 45.8 Å². The van der Waals surface area contributed by atoms with Gasteiger partial charge >= 0.3 is 0 Å². The smallest absolute Gasteiger partial charge is 0.0342 e. The van der Waals surface area contributed by atoms with E-state index in [9.17, 15) is 0 Å². The van der Waals surface area contributed by atoms with Crippen molar-refractivity contribution < 1.29 is 0 Å². The molecule has 0 aliphatic heterocycles. The first-order valence-corrected chi connectivity index (χ1v) is 8.49. The van der Waals surface area contributed by atoms with Gasteiger partial charge in [-0.15, -0.1) is 0 Å². The van der Waals surface area contributed by atoms with Crippen LogP contribution in [-0.4, -0.2) is 6.54 Å². The van der Waals surface area contributed by atoms with E-state index in [1.807, 2.05) is 0 Å². The van der Waals surface area contributed by atoms with Crippen LogP contribution in [-0.2, 0) is 0 Å². The zero-order chi connectivity index (χ0) is 12.1. The molecule has 0 aromatic carbocycles. The van der Waals surface area contributed by atoms with E-state index >= 15 is 0 Å². The highest BCUT2D eigenvalue weighted by atomic mass is 79.9. The van der Waals surface area contributed by atoms with Gasteiger partial charge in [0, 0.05) is 15.9 Å². The number of rotatable bonds is 5. The molecular weight excluding hydrogens is 294 g/mol. The van der Waals surface area contributed by atoms with Crippen molar-refractivity contribution in [2.45, 2.75) is 51.5 Å². The van der Waals surface area contributed by atoms with E-state index in [-0.39, 0.29) is 0 Å². The molecule has 1 unspecified atom stereocenters. The van der Waals surface area contributed by atoms with E-state index in [4.69, 9.17) is 0 Å². The van der Waals surface area contributed by atoms with Gasteiger partial charge in [-0.2, -0.15) is 11.3 Å². The summed E-state index contributed by atoms with van der Waals surface area (Å²) in [6.07, 6.45) is 8.50. The van der Waals surface area contributed by atoms with E-state index in [1.54, 1.807) is 11.3 Å². The molecule has 1 aromatic rings. The molecule has 1 saturated carbocycles. The van der Waals surface area contributed by atoms with Crippen LogP contribution in [0.15, 0.2) is 15.2 Å². The van der Waals surface area contributed by atoms with Crippen LogP contribution in [0.25, 0.3) is 0 Å². The minimum absolute atomic E-state index is 0.545. The maximum atomic E-state index is 3.67. The van der Waals surface area contributed by atoms with Gasteiger partial charge in [0.2, 0.25) is 0 Å². The van der Waals surface area contributed by atoms with Crippen molar-refractivity contribution in [3.63, 3.8) is 0 Å². The molecule has 0 amide bonds. The van der Waals surface area contributed by atoms with Gasteiger partial charge in [0.25, 0.3) is 0 Å². The highest BCUT2D eigenvalue weighted by Crippen LogP contribution is 2.35. The standard InChI is InChI=1S/C14H22BrNS/c1-2-16-14(12-9-17-10-13(12)15)8-11-6-4-3-5-7-11/h9-11,14,16H,2-8H2,1H3. The maximum absolute atomic E-state index is 3.67. The van der Waals surface area contributed by atoms with Crippen LogP contribution in [0.2, 0.25) is 0 Å². The van der Waals surface area contributed by atoms with Crippen LogP contribution in [0.5, 0.6) is 0 Å². The Morgan fingerprint density at radius 1 is 1.35 bits per heavy atom.